The van der Waals surface area contributed by atoms with Gasteiger partial charge >= 0.3 is 11.7 Å². The molecule has 0 radical (unpaired) electrons. The molecule has 0 bridgehead atoms. The summed E-state index contributed by atoms with van der Waals surface area (Å²) in [6.07, 6.45) is 3.81. The predicted octanol–water partition coefficient (Wildman–Crippen LogP) is 1.82. The normalized spacial score (nSPS) is 11.2. The Bertz CT molecular complexity index is 637. The summed E-state index contributed by atoms with van der Waals surface area (Å²) >= 11 is 0. The highest BCUT2D eigenvalue weighted by Crippen LogP contribution is 2.11. The maximum absolute atomic E-state index is 11.1. The minimum Gasteiger partial charge on any atom is -0.466 e. The molecule has 1 aromatic heterocycles. The molecule has 5 nitrogen and oxygen atoms in total. The quantitative estimate of drug-likeness (QED) is 0.808. The lowest BCUT2D eigenvalue weighted by Gasteiger charge is -1.97. The van der Waals surface area contributed by atoms with Crippen LogP contribution < -0.4 is 5.69 Å². The van der Waals surface area contributed by atoms with Crippen LogP contribution in [0.3, 0.4) is 0 Å². The SMILES string of the molecule is CCOC(=O)CC=Cc1ccc2[nH]c(=O)[nH]c2c1. The first kappa shape index (κ1) is 12.2. The lowest BCUT2D eigenvalue weighted by Crippen LogP contribution is -2.01. The highest BCUT2D eigenvalue weighted by atomic mass is 16.5. The molecule has 94 valence electrons. The third-order valence-corrected chi connectivity index (χ3v) is 2.44. The molecular formula is C13H14N2O3. The topological polar surface area (TPSA) is 75.0 Å². The van der Waals surface area contributed by atoms with E-state index in [0.717, 1.165) is 16.6 Å². The van der Waals surface area contributed by atoms with Crippen LogP contribution in [0.4, 0.5) is 0 Å². The Balaban J connectivity index is 2.09. The third kappa shape index (κ3) is 2.88. The van der Waals surface area contributed by atoms with Crippen LogP contribution in [0.25, 0.3) is 17.1 Å². The van der Waals surface area contributed by atoms with Crippen LogP contribution in [-0.2, 0) is 9.53 Å². The fourth-order valence-corrected chi connectivity index (χ4v) is 1.66. The molecule has 0 aliphatic carbocycles. The molecule has 2 aromatic rings. The van der Waals surface area contributed by atoms with E-state index in [1.54, 1.807) is 13.0 Å². The number of carbonyl (C=O) groups is 1. The fraction of sp³-hybridized carbons (Fsp3) is 0.231. The van der Waals surface area contributed by atoms with Crippen molar-refractivity contribution in [1.82, 2.24) is 9.97 Å². The van der Waals surface area contributed by atoms with E-state index < -0.39 is 0 Å². The van der Waals surface area contributed by atoms with E-state index in [0.29, 0.717) is 6.61 Å². The lowest BCUT2D eigenvalue weighted by atomic mass is 10.2. The first-order valence-corrected chi connectivity index (χ1v) is 5.73. The highest BCUT2D eigenvalue weighted by Gasteiger charge is 1.99. The van der Waals surface area contributed by atoms with Crippen LogP contribution in [0.5, 0.6) is 0 Å². The largest absolute Gasteiger partial charge is 0.466 e. The van der Waals surface area contributed by atoms with E-state index in [9.17, 15) is 9.59 Å². The molecule has 0 aliphatic heterocycles. The monoisotopic (exact) mass is 246 g/mol. The lowest BCUT2D eigenvalue weighted by molar-refractivity contribution is -0.142. The van der Waals surface area contributed by atoms with E-state index >= 15 is 0 Å². The van der Waals surface area contributed by atoms with Gasteiger partial charge in [0.05, 0.1) is 24.1 Å². The van der Waals surface area contributed by atoms with E-state index in [4.69, 9.17) is 4.74 Å². The van der Waals surface area contributed by atoms with Gasteiger partial charge in [0.1, 0.15) is 0 Å². The van der Waals surface area contributed by atoms with Gasteiger partial charge in [-0.1, -0.05) is 18.2 Å². The summed E-state index contributed by atoms with van der Waals surface area (Å²) in [5.74, 6) is -0.245. The first-order chi connectivity index (χ1) is 8.69. The summed E-state index contributed by atoms with van der Waals surface area (Å²) in [6, 6.07) is 5.53. The van der Waals surface area contributed by atoms with E-state index in [-0.39, 0.29) is 18.1 Å². The third-order valence-electron chi connectivity index (χ3n) is 2.44. The number of rotatable bonds is 4. The van der Waals surface area contributed by atoms with Crippen molar-refractivity contribution in [3.63, 3.8) is 0 Å². The molecule has 0 unspecified atom stereocenters. The predicted molar refractivity (Wildman–Crippen MR) is 69.2 cm³/mol. The number of ether oxygens (including phenoxy) is 1. The van der Waals surface area contributed by atoms with Gasteiger partial charge in [0.15, 0.2) is 0 Å². The Morgan fingerprint density at radius 2 is 2.11 bits per heavy atom. The molecule has 5 heteroatoms. The summed E-state index contributed by atoms with van der Waals surface area (Å²) in [5.41, 5.74) is 2.21. The van der Waals surface area contributed by atoms with Crippen molar-refractivity contribution < 1.29 is 9.53 Å². The van der Waals surface area contributed by atoms with Gasteiger partial charge in [-0.25, -0.2) is 4.79 Å². The van der Waals surface area contributed by atoms with Crippen LogP contribution >= 0.6 is 0 Å². The summed E-state index contributed by atoms with van der Waals surface area (Å²) in [4.78, 5) is 27.6. The van der Waals surface area contributed by atoms with Gasteiger partial charge in [-0.3, -0.25) is 4.79 Å². The minimum atomic E-state index is -0.245. The molecule has 1 heterocycles. The average molecular weight is 246 g/mol. The van der Waals surface area contributed by atoms with Crippen LogP contribution in [-0.4, -0.2) is 22.5 Å². The van der Waals surface area contributed by atoms with E-state index in [1.807, 2.05) is 24.3 Å². The molecule has 1 aromatic carbocycles. The van der Waals surface area contributed by atoms with Crippen molar-refractivity contribution in [2.24, 2.45) is 0 Å². The number of aromatic nitrogens is 2. The first-order valence-electron chi connectivity index (χ1n) is 5.73. The fourth-order valence-electron chi connectivity index (χ4n) is 1.66. The second-order valence-electron chi connectivity index (χ2n) is 3.80. The average Bonchev–Trinajstić information content (AvgIpc) is 2.69. The number of fused-ring (bicyclic) bond motifs is 1. The number of imidazole rings is 1. The molecule has 0 amide bonds. The van der Waals surface area contributed by atoms with E-state index in [1.165, 1.54) is 0 Å². The Hall–Kier alpha value is -2.30. The van der Waals surface area contributed by atoms with Gasteiger partial charge < -0.3 is 14.7 Å². The van der Waals surface area contributed by atoms with Gasteiger partial charge in [0, 0.05) is 0 Å². The molecule has 0 atom stereocenters. The Morgan fingerprint density at radius 1 is 1.33 bits per heavy atom. The zero-order valence-corrected chi connectivity index (χ0v) is 10.0. The van der Waals surface area contributed by atoms with Crippen molar-refractivity contribution in [1.29, 1.82) is 0 Å². The number of hydrogen-bond acceptors (Lipinski definition) is 3. The second kappa shape index (κ2) is 5.35. The minimum absolute atomic E-state index is 0.224. The number of benzene rings is 1. The van der Waals surface area contributed by atoms with Crippen molar-refractivity contribution >= 4 is 23.1 Å². The van der Waals surface area contributed by atoms with Crippen LogP contribution in [0.2, 0.25) is 0 Å². The Morgan fingerprint density at radius 3 is 2.89 bits per heavy atom. The van der Waals surface area contributed by atoms with Crippen molar-refractivity contribution in [3.8, 4) is 0 Å². The van der Waals surface area contributed by atoms with Crippen molar-refractivity contribution in [2.75, 3.05) is 6.61 Å². The molecule has 0 saturated carbocycles. The van der Waals surface area contributed by atoms with Gasteiger partial charge in [0.25, 0.3) is 0 Å². The summed E-state index contributed by atoms with van der Waals surface area (Å²) in [6.45, 7) is 2.17. The number of H-pyrrole nitrogens is 2. The Labute approximate surface area is 103 Å². The van der Waals surface area contributed by atoms with Gasteiger partial charge in [-0.15, -0.1) is 0 Å². The molecule has 0 spiro atoms. The number of nitrogens with one attached hydrogen (secondary N) is 2. The maximum atomic E-state index is 11.1. The Kier molecular flexibility index (Phi) is 3.62. The van der Waals surface area contributed by atoms with Crippen LogP contribution in [0, 0.1) is 0 Å². The summed E-state index contributed by atoms with van der Waals surface area (Å²) < 4.78 is 4.81. The molecular weight excluding hydrogens is 232 g/mol. The molecule has 18 heavy (non-hydrogen) atoms. The second-order valence-corrected chi connectivity index (χ2v) is 3.80. The molecule has 2 rings (SSSR count). The highest BCUT2D eigenvalue weighted by molar-refractivity contribution is 5.78. The van der Waals surface area contributed by atoms with Crippen LogP contribution in [0.1, 0.15) is 18.9 Å². The van der Waals surface area contributed by atoms with Crippen molar-refractivity contribution in [3.05, 3.63) is 40.3 Å². The van der Waals surface area contributed by atoms with E-state index in [2.05, 4.69) is 9.97 Å². The zero-order valence-electron chi connectivity index (χ0n) is 10.0. The molecule has 0 fully saturated rings. The molecule has 0 saturated heterocycles. The standard InChI is InChI=1S/C13H14N2O3/c1-2-18-12(16)5-3-4-9-6-7-10-11(8-9)15-13(17)14-10/h3-4,6-8H,2,5H2,1H3,(H2,14,15,17). The number of esters is 1. The van der Waals surface area contributed by atoms with Crippen LogP contribution in [0.15, 0.2) is 29.1 Å². The van der Waals surface area contributed by atoms with Gasteiger partial charge in [-0.05, 0) is 24.6 Å². The maximum Gasteiger partial charge on any atom is 0.323 e. The summed E-state index contributed by atoms with van der Waals surface area (Å²) in [7, 11) is 0. The number of aromatic amines is 2. The van der Waals surface area contributed by atoms with Crippen molar-refractivity contribution in [2.45, 2.75) is 13.3 Å². The molecule has 0 aliphatic rings. The molecule has 2 N–H and O–H groups in total. The number of hydrogen-bond donors (Lipinski definition) is 2. The smallest absolute Gasteiger partial charge is 0.323 e. The number of carbonyl (C=O) groups excluding carboxylic acids is 1. The summed E-state index contributed by atoms with van der Waals surface area (Å²) in [5, 5.41) is 0. The van der Waals surface area contributed by atoms with Gasteiger partial charge in [-0.2, -0.15) is 0 Å². The van der Waals surface area contributed by atoms with Gasteiger partial charge in [0.2, 0.25) is 0 Å². The zero-order chi connectivity index (χ0) is 13.0.